The Balaban J connectivity index is 1.98. The van der Waals surface area contributed by atoms with E-state index < -0.39 is 33.6 Å². The molecule has 0 saturated heterocycles. The molecule has 0 unspecified atom stereocenters. The molecule has 0 atom stereocenters. The number of aryl methyl sites for hydroxylation is 1. The van der Waals surface area contributed by atoms with Gasteiger partial charge in [-0.3, -0.25) is 9.78 Å². The highest BCUT2D eigenvalue weighted by molar-refractivity contribution is 7.89. The first-order valence-electron chi connectivity index (χ1n) is 7.92. The summed E-state index contributed by atoms with van der Waals surface area (Å²) in [5.74, 6) is -0.781. The molecule has 2 aromatic heterocycles. The van der Waals surface area contributed by atoms with E-state index in [1.807, 2.05) is 0 Å². The molecule has 146 valence electrons. The second-order valence-corrected chi connectivity index (χ2v) is 8.44. The fraction of sp³-hybridized carbons (Fsp3) is 0.375. The first-order chi connectivity index (χ1) is 12.5. The third-order valence-electron chi connectivity index (χ3n) is 3.86. The van der Waals surface area contributed by atoms with Gasteiger partial charge in [-0.25, -0.2) is 21.9 Å². The number of aromatic nitrogens is 2. The largest absolute Gasteiger partial charge is 0.488 e. The van der Waals surface area contributed by atoms with Crippen LogP contribution in [0.1, 0.15) is 36.5 Å². The van der Waals surface area contributed by atoms with E-state index in [-0.39, 0.29) is 28.6 Å². The van der Waals surface area contributed by atoms with Gasteiger partial charge < -0.3 is 14.6 Å². The van der Waals surface area contributed by atoms with Crippen molar-refractivity contribution in [2.45, 2.75) is 30.7 Å². The average molecular weight is 400 g/mol. The van der Waals surface area contributed by atoms with Crippen molar-refractivity contribution < 1.29 is 26.7 Å². The zero-order valence-electron chi connectivity index (χ0n) is 14.8. The second kappa shape index (κ2) is 6.57. The zero-order chi connectivity index (χ0) is 20.0. The molecule has 0 aliphatic carbocycles. The van der Waals surface area contributed by atoms with Gasteiger partial charge in [0.05, 0.1) is 5.54 Å². The van der Waals surface area contributed by atoms with Crippen molar-refractivity contribution in [3.05, 3.63) is 35.9 Å². The molecule has 1 aliphatic heterocycles. The van der Waals surface area contributed by atoms with Gasteiger partial charge in [-0.05, 0) is 26.0 Å². The summed E-state index contributed by atoms with van der Waals surface area (Å²) < 4.78 is 60.1. The fourth-order valence-electron chi connectivity index (χ4n) is 2.71. The number of pyridine rings is 1. The van der Waals surface area contributed by atoms with E-state index in [4.69, 9.17) is 4.74 Å². The van der Waals surface area contributed by atoms with Crippen LogP contribution in [-0.4, -0.2) is 36.0 Å². The summed E-state index contributed by atoms with van der Waals surface area (Å²) in [4.78, 5) is 16.1. The Morgan fingerprint density at radius 2 is 2.15 bits per heavy atom. The van der Waals surface area contributed by atoms with Crippen molar-refractivity contribution in [1.29, 1.82) is 0 Å². The Labute approximate surface area is 154 Å². The van der Waals surface area contributed by atoms with Gasteiger partial charge in [0.1, 0.15) is 17.2 Å². The smallest absolute Gasteiger partial charge is 0.280 e. The molecule has 3 rings (SSSR count). The van der Waals surface area contributed by atoms with Gasteiger partial charge in [0, 0.05) is 25.1 Å². The molecule has 8 nitrogen and oxygen atoms in total. The maximum absolute atomic E-state index is 12.8. The highest BCUT2D eigenvalue weighted by atomic mass is 32.2. The number of carbonyl (C=O) groups is 1. The monoisotopic (exact) mass is 400 g/mol. The number of hydrogen-bond acceptors (Lipinski definition) is 5. The second-order valence-electron chi connectivity index (χ2n) is 6.78. The van der Waals surface area contributed by atoms with Crippen molar-refractivity contribution in [3.8, 4) is 5.75 Å². The van der Waals surface area contributed by atoms with Crippen molar-refractivity contribution in [2.75, 3.05) is 11.9 Å². The topological polar surface area (TPSA) is 102 Å². The molecule has 1 amide bonds. The number of fused-ring (bicyclic) bond motifs is 1. The molecule has 0 aromatic carbocycles. The summed E-state index contributed by atoms with van der Waals surface area (Å²) in [5.41, 5.74) is -1.28. The lowest BCUT2D eigenvalue weighted by atomic mass is 10.1. The molecule has 2 N–H and O–H groups in total. The molecule has 2 aromatic rings. The number of sulfonamides is 1. The van der Waals surface area contributed by atoms with E-state index in [9.17, 15) is 22.0 Å². The maximum atomic E-state index is 12.8. The van der Waals surface area contributed by atoms with Crippen LogP contribution >= 0.6 is 0 Å². The molecule has 0 spiro atoms. The molecular formula is C16H18F2N4O4S. The zero-order valence-corrected chi connectivity index (χ0v) is 15.6. The first-order valence-corrected chi connectivity index (χ1v) is 9.40. The minimum Gasteiger partial charge on any atom is -0.488 e. The summed E-state index contributed by atoms with van der Waals surface area (Å²) in [7, 11) is -2.41. The summed E-state index contributed by atoms with van der Waals surface area (Å²) in [6, 6.07) is 2.40. The molecule has 0 saturated carbocycles. The molecule has 1 aliphatic rings. The molecular weight excluding hydrogens is 382 g/mol. The van der Waals surface area contributed by atoms with Crippen molar-refractivity contribution in [2.24, 2.45) is 7.05 Å². The number of halogens is 2. The molecule has 0 bridgehead atoms. The minimum absolute atomic E-state index is 0.00824. The Morgan fingerprint density at radius 1 is 1.44 bits per heavy atom. The van der Waals surface area contributed by atoms with Gasteiger partial charge in [-0.2, -0.15) is 0 Å². The molecule has 11 heteroatoms. The number of anilines is 1. The fourth-order valence-corrected chi connectivity index (χ4v) is 4.30. The van der Waals surface area contributed by atoms with E-state index >= 15 is 0 Å². The first kappa shape index (κ1) is 19.2. The van der Waals surface area contributed by atoms with Crippen LogP contribution in [0, 0.1) is 0 Å². The molecule has 3 heterocycles. The van der Waals surface area contributed by atoms with Gasteiger partial charge >= 0.3 is 0 Å². The molecule has 27 heavy (non-hydrogen) atoms. The van der Waals surface area contributed by atoms with Gasteiger partial charge in [-0.15, -0.1) is 0 Å². The van der Waals surface area contributed by atoms with Gasteiger partial charge in [0.15, 0.2) is 11.4 Å². The van der Waals surface area contributed by atoms with Crippen LogP contribution < -0.4 is 14.8 Å². The summed E-state index contributed by atoms with van der Waals surface area (Å²) in [5, 5.41) is 2.47. The van der Waals surface area contributed by atoms with Crippen LogP contribution in [0.5, 0.6) is 5.75 Å². The quantitative estimate of drug-likeness (QED) is 0.821. The third kappa shape index (κ3) is 3.78. The normalized spacial score (nSPS) is 17.7. The van der Waals surface area contributed by atoms with E-state index in [1.54, 1.807) is 13.8 Å². The summed E-state index contributed by atoms with van der Waals surface area (Å²) in [6.07, 6.45) is -0.365. The predicted octanol–water partition coefficient (Wildman–Crippen LogP) is 2.06. The number of rotatable bonds is 3. The van der Waals surface area contributed by atoms with Crippen LogP contribution in [0.3, 0.4) is 0 Å². The number of ether oxygens (including phenoxy) is 1. The SMILES string of the molecule is Cn1cc2c(c1C(=O)Nc1ccnc(C(F)F)c1)OCC(C)(C)NS2(=O)=O. The lowest BCUT2D eigenvalue weighted by Gasteiger charge is -2.22. The summed E-state index contributed by atoms with van der Waals surface area (Å²) in [6.45, 7) is 3.31. The summed E-state index contributed by atoms with van der Waals surface area (Å²) >= 11 is 0. The van der Waals surface area contributed by atoms with Crippen molar-refractivity contribution >= 4 is 21.6 Å². The lowest BCUT2D eigenvalue weighted by Crippen LogP contribution is -2.45. The Morgan fingerprint density at radius 3 is 2.81 bits per heavy atom. The van der Waals surface area contributed by atoms with Crippen molar-refractivity contribution in [1.82, 2.24) is 14.3 Å². The standard InChI is InChI=1S/C16H18F2N4O4S/c1-16(2)8-26-13-11(27(24,25)21-16)7-22(3)12(13)15(23)20-9-4-5-19-10(6-9)14(17)18/h4-7,14,21H,8H2,1-3H3,(H,19,20,23). The van der Waals surface area contributed by atoms with E-state index in [0.717, 1.165) is 12.3 Å². The van der Waals surface area contributed by atoms with Crippen LogP contribution in [0.25, 0.3) is 0 Å². The van der Waals surface area contributed by atoms with Crippen molar-refractivity contribution in [3.63, 3.8) is 0 Å². The highest BCUT2D eigenvalue weighted by Gasteiger charge is 2.37. The molecule has 0 radical (unpaired) electrons. The van der Waals surface area contributed by atoms with E-state index in [1.165, 1.54) is 23.9 Å². The number of alkyl halides is 2. The minimum atomic E-state index is -3.90. The highest BCUT2D eigenvalue weighted by Crippen LogP contribution is 2.34. The molecule has 0 fully saturated rings. The number of amides is 1. The van der Waals surface area contributed by atoms with E-state index in [0.29, 0.717) is 0 Å². The Kier molecular flexibility index (Phi) is 4.68. The Bertz CT molecular complexity index is 1000. The van der Waals surface area contributed by atoms with Gasteiger partial charge in [-0.1, -0.05) is 0 Å². The average Bonchev–Trinajstić information content (AvgIpc) is 2.85. The van der Waals surface area contributed by atoms with Gasteiger partial charge in [0.25, 0.3) is 12.3 Å². The van der Waals surface area contributed by atoms with Gasteiger partial charge in [0.2, 0.25) is 10.0 Å². The van der Waals surface area contributed by atoms with Crippen LogP contribution in [0.2, 0.25) is 0 Å². The Hall–Kier alpha value is -2.53. The van der Waals surface area contributed by atoms with E-state index in [2.05, 4.69) is 15.0 Å². The third-order valence-corrected chi connectivity index (χ3v) is 5.55. The number of nitrogens with one attached hydrogen (secondary N) is 2. The number of nitrogens with zero attached hydrogens (tertiary/aromatic N) is 2. The predicted molar refractivity (Wildman–Crippen MR) is 92.5 cm³/mol. The maximum Gasteiger partial charge on any atom is 0.280 e. The number of hydrogen-bond donors (Lipinski definition) is 2. The van der Waals surface area contributed by atoms with Crippen LogP contribution in [0.15, 0.2) is 29.4 Å². The van der Waals surface area contributed by atoms with Crippen LogP contribution in [-0.2, 0) is 17.1 Å². The lowest BCUT2D eigenvalue weighted by molar-refractivity contribution is 0.101. The number of carbonyl (C=O) groups excluding carboxylic acids is 1. The van der Waals surface area contributed by atoms with Crippen LogP contribution in [0.4, 0.5) is 14.5 Å².